The van der Waals surface area contributed by atoms with Gasteiger partial charge in [0.15, 0.2) is 5.82 Å². The fourth-order valence-electron chi connectivity index (χ4n) is 2.75. The van der Waals surface area contributed by atoms with Gasteiger partial charge in [-0.1, -0.05) is 6.92 Å². The molecule has 102 valence electrons. The molecule has 1 fully saturated rings. The van der Waals surface area contributed by atoms with E-state index in [4.69, 9.17) is 4.74 Å². The van der Waals surface area contributed by atoms with Crippen LogP contribution in [0.2, 0.25) is 0 Å². The quantitative estimate of drug-likeness (QED) is 0.904. The molecule has 1 saturated heterocycles. The molecule has 6 heteroatoms. The van der Waals surface area contributed by atoms with E-state index in [1.54, 1.807) is 6.20 Å². The Bertz CT molecular complexity index is 509. The van der Waals surface area contributed by atoms with Crippen molar-refractivity contribution in [3.63, 3.8) is 0 Å². The highest BCUT2D eigenvalue weighted by molar-refractivity contribution is 9.10. The lowest BCUT2D eigenvalue weighted by Crippen LogP contribution is -2.43. The molecule has 2 unspecified atom stereocenters. The predicted molar refractivity (Wildman–Crippen MR) is 76.3 cm³/mol. The number of nitrogens with zero attached hydrogens (tertiary/aromatic N) is 2. The number of fused-ring (bicyclic) bond motifs is 2. The summed E-state index contributed by atoms with van der Waals surface area (Å²) in [7, 11) is 0. The fraction of sp³-hybridized carbons (Fsp3) is 0.538. The van der Waals surface area contributed by atoms with E-state index >= 15 is 0 Å². The Kier molecular flexibility index (Phi) is 3.45. The zero-order valence-electron chi connectivity index (χ0n) is 10.7. The molecule has 19 heavy (non-hydrogen) atoms. The zero-order chi connectivity index (χ0) is 13.4. The van der Waals surface area contributed by atoms with Crippen LogP contribution in [0.25, 0.3) is 0 Å². The normalized spacial score (nSPS) is 25.6. The van der Waals surface area contributed by atoms with Crippen LogP contribution in [0.5, 0.6) is 0 Å². The molecule has 0 aromatic carbocycles. The van der Waals surface area contributed by atoms with Crippen molar-refractivity contribution in [1.82, 2.24) is 4.98 Å². The third-order valence-electron chi connectivity index (χ3n) is 3.62. The van der Waals surface area contributed by atoms with E-state index in [1.807, 2.05) is 6.07 Å². The maximum absolute atomic E-state index is 12.3. The molecule has 1 aromatic heterocycles. The van der Waals surface area contributed by atoms with Crippen LogP contribution in [-0.4, -0.2) is 36.7 Å². The highest BCUT2D eigenvalue weighted by Crippen LogP contribution is 2.35. The smallest absolute Gasteiger partial charge is 0.232 e. The lowest BCUT2D eigenvalue weighted by Gasteiger charge is -2.30. The summed E-state index contributed by atoms with van der Waals surface area (Å²) in [6, 6.07) is 2.00. The summed E-state index contributed by atoms with van der Waals surface area (Å²) in [6.07, 6.45) is 2.78. The first kappa shape index (κ1) is 12.9. The van der Waals surface area contributed by atoms with Crippen LogP contribution in [0.15, 0.2) is 16.7 Å². The second-order valence-corrected chi connectivity index (χ2v) is 5.83. The van der Waals surface area contributed by atoms with Gasteiger partial charge in [-0.05, 0) is 28.4 Å². The number of hydrogen-bond acceptors (Lipinski definition) is 4. The molecule has 0 radical (unpaired) electrons. The zero-order valence-corrected chi connectivity index (χ0v) is 12.3. The van der Waals surface area contributed by atoms with Crippen LogP contribution < -0.4 is 10.2 Å². The highest BCUT2D eigenvalue weighted by Gasteiger charge is 2.41. The second kappa shape index (κ2) is 5.09. The van der Waals surface area contributed by atoms with Crippen molar-refractivity contribution in [2.75, 3.05) is 30.0 Å². The first-order valence-electron chi connectivity index (χ1n) is 6.51. The van der Waals surface area contributed by atoms with Gasteiger partial charge in [-0.3, -0.25) is 4.79 Å². The molecular weight excluding hydrogens is 310 g/mol. The molecule has 3 heterocycles. The first-order chi connectivity index (χ1) is 9.20. The Morgan fingerprint density at radius 1 is 1.58 bits per heavy atom. The summed E-state index contributed by atoms with van der Waals surface area (Å²) in [5.74, 6) is 0.762. The molecule has 2 aliphatic rings. The van der Waals surface area contributed by atoms with Crippen molar-refractivity contribution in [1.29, 1.82) is 0 Å². The van der Waals surface area contributed by atoms with Gasteiger partial charge < -0.3 is 15.0 Å². The van der Waals surface area contributed by atoms with Crippen molar-refractivity contribution in [3.8, 4) is 0 Å². The minimum Gasteiger partial charge on any atom is -0.378 e. The molecule has 2 atom stereocenters. The van der Waals surface area contributed by atoms with Gasteiger partial charge in [0, 0.05) is 17.2 Å². The molecule has 0 bridgehead atoms. The SMILES string of the molecule is CCCN1c2ncc(Br)cc2NC(=O)C2COCC21. The summed E-state index contributed by atoms with van der Waals surface area (Å²) in [6.45, 7) is 4.09. The number of pyridine rings is 1. The summed E-state index contributed by atoms with van der Waals surface area (Å²) >= 11 is 3.40. The minimum atomic E-state index is -0.112. The summed E-state index contributed by atoms with van der Waals surface area (Å²) in [4.78, 5) is 18.9. The van der Waals surface area contributed by atoms with Gasteiger partial charge in [-0.25, -0.2) is 4.98 Å². The average Bonchev–Trinajstić information content (AvgIpc) is 2.82. The Morgan fingerprint density at radius 3 is 3.21 bits per heavy atom. The van der Waals surface area contributed by atoms with Gasteiger partial charge in [0.1, 0.15) is 0 Å². The van der Waals surface area contributed by atoms with Crippen molar-refractivity contribution in [2.24, 2.45) is 5.92 Å². The maximum Gasteiger partial charge on any atom is 0.232 e. The molecule has 3 rings (SSSR count). The van der Waals surface area contributed by atoms with Gasteiger partial charge in [-0.15, -0.1) is 0 Å². The fourth-order valence-corrected chi connectivity index (χ4v) is 3.08. The number of carbonyl (C=O) groups is 1. The topological polar surface area (TPSA) is 54.5 Å². The number of aromatic nitrogens is 1. The molecule has 1 amide bonds. The predicted octanol–water partition coefficient (Wildman–Crippen LogP) is 2.03. The summed E-state index contributed by atoms with van der Waals surface area (Å²) < 4.78 is 6.36. The highest BCUT2D eigenvalue weighted by atomic mass is 79.9. The van der Waals surface area contributed by atoms with Crippen LogP contribution in [0.4, 0.5) is 11.5 Å². The van der Waals surface area contributed by atoms with Crippen molar-refractivity contribution in [2.45, 2.75) is 19.4 Å². The van der Waals surface area contributed by atoms with Gasteiger partial charge in [0.05, 0.1) is 30.9 Å². The number of carbonyl (C=O) groups excluding carboxylic acids is 1. The maximum atomic E-state index is 12.3. The number of hydrogen-bond donors (Lipinski definition) is 1. The van der Waals surface area contributed by atoms with Crippen LogP contribution in [0.3, 0.4) is 0 Å². The van der Waals surface area contributed by atoms with Gasteiger partial charge in [0.25, 0.3) is 0 Å². The van der Waals surface area contributed by atoms with E-state index in [0.29, 0.717) is 13.2 Å². The van der Waals surface area contributed by atoms with E-state index in [-0.39, 0.29) is 17.9 Å². The van der Waals surface area contributed by atoms with Gasteiger partial charge in [-0.2, -0.15) is 0 Å². The number of nitrogens with one attached hydrogen (secondary N) is 1. The second-order valence-electron chi connectivity index (χ2n) is 4.92. The summed E-state index contributed by atoms with van der Waals surface area (Å²) in [5.41, 5.74) is 0.780. The third-order valence-corrected chi connectivity index (χ3v) is 4.05. The van der Waals surface area contributed by atoms with Crippen LogP contribution in [0, 0.1) is 5.92 Å². The largest absolute Gasteiger partial charge is 0.378 e. The van der Waals surface area contributed by atoms with Crippen LogP contribution in [-0.2, 0) is 9.53 Å². The lowest BCUT2D eigenvalue weighted by atomic mass is 10.0. The van der Waals surface area contributed by atoms with E-state index in [0.717, 1.165) is 28.9 Å². The molecule has 1 N–H and O–H groups in total. The molecule has 0 saturated carbocycles. The van der Waals surface area contributed by atoms with E-state index in [9.17, 15) is 4.79 Å². The Morgan fingerprint density at radius 2 is 2.42 bits per heavy atom. The Labute approximate surface area is 120 Å². The van der Waals surface area contributed by atoms with Gasteiger partial charge in [0.2, 0.25) is 5.91 Å². The minimum absolute atomic E-state index is 0.0299. The van der Waals surface area contributed by atoms with Crippen molar-refractivity contribution in [3.05, 3.63) is 16.7 Å². The number of halogens is 1. The van der Waals surface area contributed by atoms with Gasteiger partial charge >= 0.3 is 0 Å². The molecule has 0 aliphatic carbocycles. The molecule has 1 aromatic rings. The molecule has 0 spiro atoms. The Hall–Kier alpha value is -1.14. The first-order valence-corrected chi connectivity index (χ1v) is 7.30. The molecular formula is C13H16BrN3O2. The van der Waals surface area contributed by atoms with E-state index < -0.39 is 0 Å². The molecule has 2 aliphatic heterocycles. The molecule has 5 nitrogen and oxygen atoms in total. The number of rotatable bonds is 2. The third kappa shape index (κ3) is 2.23. The van der Waals surface area contributed by atoms with E-state index in [1.165, 1.54) is 0 Å². The number of anilines is 2. The van der Waals surface area contributed by atoms with E-state index in [2.05, 4.69) is 38.1 Å². The number of ether oxygens (including phenoxy) is 1. The standard InChI is InChI=1S/C13H16BrN3O2/c1-2-3-17-11-7-19-6-9(11)13(18)16-10-4-8(14)5-15-12(10)17/h4-5,9,11H,2-3,6-7H2,1H3,(H,16,18). The summed E-state index contributed by atoms with van der Waals surface area (Å²) in [5, 5.41) is 2.97. The monoisotopic (exact) mass is 325 g/mol. The van der Waals surface area contributed by atoms with Crippen molar-refractivity contribution < 1.29 is 9.53 Å². The average molecular weight is 326 g/mol. The van der Waals surface area contributed by atoms with Crippen molar-refractivity contribution >= 4 is 33.3 Å². The number of amides is 1. The van der Waals surface area contributed by atoms with Crippen LogP contribution >= 0.6 is 15.9 Å². The van der Waals surface area contributed by atoms with Crippen LogP contribution in [0.1, 0.15) is 13.3 Å². The Balaban J connectivity index is 2.07. The lowest BCUT2D eigenvalue weighted by molar-refractivity contribution is -0.120.